The standard InChI is InChI=1S/C9H12S.H3N/c1-2-10-8-9-6-4-3-5-7-9;/h3-7H,2,8H2,1H3;1H3. The Morgan fingerprint density at radius 2 is 1.82 bits per heavy atom. The van der Waals surface area contributed by atoms with Crippen LogP contribution in [0.25, 0.3) is 0 Å². The third-order valence-electron chi connectivity index (χ3n) is 1.32. The monoisotopic (exact) mass is 169 g/mol. The molecule has 0 aliphatic heterocycles. The zero-order valence-corrected chi connectivity index (χ0v) is 7.73. The molecule has 0 saturated heterocycles. The van der Waals surface area contributed by atoms with E-state index in [0.717, 1.165) is 5.75 Å². The Bertz CT molecular complexity index is 174. The number of thioether (sulfide) groups is 1. The SMILES string of the molecule is CCSCc1ccccc1.N. The van der Waals surface area contributed by atoms with Crippen LogP contribution in [0.1, 0.15) is 12.5 Å². The molecule has 0 aliphatic rings. The third-order valence-corrected chi connectivity index (χ3v) is 2.26. The highest BCUT2D eigenvalue weighted by atomic mass is 32.2. The molecule has 0 amide bonds. The van der Waals surface area contributed by atoms with E-state index in [2.05, 4.69) is 37.3 Å². The Morgan fingerprint density at radius 1 is 1.18 bits per heavy atom. The highest BCUT2D eigenvalue weighted by Gasteiger charge is 1.87. The van der Waals surface area contributed by atoms with E-state index in [-0.39, 0.29) is 6.15 Å². The minimum absolute atomic E-state index is 0. The summed E-state index contributed by atoms with van der Waals surface area (Å²) in [5, 5.41) is 0. The maximum Gasteiger partial charge on any atom is 0.0184 e. The third kappa shape index (κ3) is 4.06. The van der Waals surface area contributed by atoms with Gasteiger partial charge in [-0.05, 0) is 11.3 Å². The molecular weight excluding hydrogens is 154 g/mol. The van der Waals surface area contributed by atoms with Crippen LogP contribution in [0.5, 0.6) is 0 Å². The first-order chi connectivity index (χ1) is 4.93. The van der Waals surface area contributed by atoms with Gasteiger partial charge in [0.05, 0.1) is 0 Å². The molecule has 0 saturated carbocycles. The van der Waals surface area contributed by atoms with Gasteiger partial charge in [0.1, 0.15) is 0 Å². The van der Waals surface area contributed by atoms with Crippen LogP contribution in [0.2, 0.25) is 0 Å². The van der Waals surface area contributed by atoms with Gasteiger partial charge in [-0.25, -0.2) is 0 Å². The van der Waals surface area contributed by atoms with Gasteiger partial charge in [-0.15, -0.1) is 0 Å². The first-order valence-electron chi connectivity index (χ1n) is 3.55. The number of hydrogen-bond acceptors (Lipinski definition) is 2. The molecule has 0 aromatic heterocycles. The van der Waals surface area contributed by atoms with E-state index in [9.17, 15) is 0 Å². The summed E-state index contributed by atoms with van der Waals surface area (Å²) >= 11 is 1.96. The van der Waals surface area contributed by atoms with Gasteiger partial charge in [0.2, 0.25) is 0 Å². The summed E-state index contributed by atoms with van der Waals surface area (Å²) in [6, 6.07) is 10.6. The molecule has 0 radical (unpaired) electrons. The zero-order chi connectivity index (χ0) is 7.23. The molecule has 0 bridgehead atoms. The molecule has 0 fully saturated rings. The molecule has 1 aromatic rings. The molecule has 2 heteroatoms. The summed E-state index contributed by atoms with van der Waals surface area (Å²) in [6.45, 7) is 2.19. The van der Waals surface area contributed by atoms with E-state index in [4.69, 9.17) is 0 Å². The smallest absolute Gasteiger partial charge is 0.0184 e. The van der Waals surface area contributed by atoms with Crippen LogP contribution >= 0.6 is 11.8 Å². The predicted molar refractivity (Wildman–Crippen MR) is 53.3 cm³/mol. The van der Waals surface area contributed by atoms with Gasteiger partial charge in [-0.3, -0.25) is 0 Å². The van der Waals surface area contributed by atoms with Crippen molar-refractivity contribution >= 4 is 11.8 Å². The van der Waals surface area contributed by atoms with E-state index in [1.54, 1.807) is 0 Å². The van der Waals surface area contributed by atoms with E-state index in [0.29, 0.717) is 0 Å². The largest absolute Gasteiger partial charge is 0.344 e. The first-order valence-corrected chi connectivity index (χ1v) is 4.70. The van der Waals surface area contributed by atoms with E-state index in [1.807, 2.05) is 11.8 Å². The molecule has 0 spiro atoms. The van der Waals surface area contributed by atoms with Crippen molar-refractivity contribution in [2.75, 3.05) is 5.75 Å². The van der Waals surface area contributed by atoms with Crippen LogP contribution in [0, 0.1) is 0 Å². The molecule has 1 nitrogen and oxygen atoms in total. The van der Waals surface area contributed by atoms with Gasteiger partial charge >= 0.3 is 0 Å². The first kappa shape index (κ1) is 10.5. The summed E-state index contributed by atoms with van der Waals surface area (Å²) in [4.78, 5) is 0. The van der Waals surface area contributed by atoms with Crippen LogP contribution in [-0.2, 0) is 5.75 Å². The van der Waals surface area contributed by atoms with Crippen molar-refractivity contribution in [1.82, 2.24) is 6.15 Å². The molecule has 1 aromatic carbocycles. The molecule has 0 aliphatic carbocycles. The fraction of sp³-hybridized carbons (Fsp3) is 0.333. The molecule has 1 rings (SSSR count). The molecular formula is C9H15NS. The van der Waals surface area contributed by atoms with Gasteiger partial charge in [0.15, 0.2) is 0 Å². The van der Waals surface area contributed by atoms with E-state index < -0.39 is 0 Å². The second-order valence-electron chi connectivity index (χ2n) is 2.12. The highest BCUT2D eigenvalue weighted by molar-refractivity contribution is 7.98. The highest BCUT2D eigenvalue weighted by Crippen LogP contribution is 2.09. The van der Waals surface area contributed by atoms with Crippen molar-refractivity contribution in [3.05, 3.63) is 35.9 Å². The average molecular weight is 169 g/mol. The Labute approximate surface area is 72.8 Å². The zero-order valence-electron chi connectivity index (χ0n) is 6.92. The van der Waals surface area contributed by atoms with Crippen LogP contribution in [-0.4, -0.2) is 5.75 Å². The lowest BCUT2D eigenvalue weighted by atomic mass is 10.2. The second kappa shape index (κ2) is 6.25. The Kier molecular flexibility index (Phi) is 5.99. The number of rotatable bonds is 3. The number of benzene rings is 1. The van der Waals surface area contributed by atoms with Crippen LogP contribution in [0.3, 0.4) is 0 Å². The maximum atomic E-state index is 2.19. The lowest BCUT2D eigenvalue weighted by Crippen LogP contribution is -1.77. The van der Waals surface area contributed by atoms with Gasteiger partial charge < -0.3 is 6.15 Å². The Balaban J connectivity index is 0.000001000. The Morgan fingerprint density at radius 3 is 2.36 bits per heavy atom. The predicted octanol–water partition coefficient (Wildman–Crippen LogP) is 3.10. The molecule has 62 valence electrons. The lowest BCUT2D eigenvalue weighted by Gasteiger charge is -1.96. The van der Waals surface area contributed by atoms with Crippen LogP contribution in [0.4, 0.5) is 0 Å². The van der Waals surface area contributed by atoms with Crippen molar-refractivity contribution < 1.29 is 0 Å². The second-order valence-corrected chi connectivity index (χ2v) is 3.40. The van der Waals surface area contributed by atoms with Gasteiger partial charge in [0, 0.05) is 5.75 Å². The summed E-state index contributed by atoms with van der Waals surface area (Å²) in [6.07, 6.45) is 0. The van der Waals surface area contributed by atoms with Crippen molar-refractivity contribution in [3.8, 4) is 0 Å². The van der Waals surface area contributed by atoms with Crippen molar-refractivity contribution in [2.24, 2.45) is 0 Å². The molecule has 0 atom stereocenters. The molecule has 11 heavy (non-hydrogen) atoms. The summed E-state index contributed by atoms with van der Waals surface area (Å²) in [5.74, 6) is 2.35. The van der Waals surface area contributed by atoms with Crippen molar-refractivity contribution in [1.29, 1.82) is 0 Å². The van der Waals surface area contributed by atoms with E-state index in [1.165, 1.54) is 11.3 Å². The Hall–Kier alpha value is -0.470. The lowest BCUT2D eigenvalue weighted by molar-refractivity contribution is 1.40. The number of hydrogen-bond donors (Lipinski definition) is 1. The summed E-state index contributed by atoms with van der Waals surface area (Å²) < 4.78 is 0. The fourth-order valence-corrected chi connectivity index (χ4v) is 1.43. The minimum Gasteiger partial charge on any atom is -0.344 e. The summed E-state index contributed by atoms with van der Waals surface area (Å²) in [5.41, 5.74) is 1.43. The summed E-state index contributed by atoms with van der Waals surface area (Å²) in [7, 11) is 0. The molecule has 0 heterocycles. The quantitative estimate of drug-likeness (QED) is 0.754. The van der Waals surface area contributed by atoms with Crippen molar-refractivity contribution in [2.45, 2.75) is 12.7 Å². The van der Waals surface area contributed by atoms with Gasteiger partial charge in [0.25, 0.3) is 0 Å². The van der Waals surface area contributed by atoms with Gasteiger partial charge in [-0.2, -0.15) is 11.8 Å². The van der Waals surface area contributed by atoms with E-state index >= 15 is 0 Å². The normalized spacial score (nSPS) is 8.82. The topological polar surface area (TPSA) is 35.0 Å². The molecule has 0 unspecified atom stereocenters. The van der Waals surface area contributed by atoms with Crippen LogP contribution < -0.4 is 6.15 Å². The van der Waals surface area contributed by atoms with Gasteiger partial charge in [-0.1, -0.05) is 37.3 Å². The minimum atomic E-state index is 0. The van der Waals surface area contributed by atoms with Crippen molar-refractivity contribution in [3.63, 3.8) is 0 Å². The fourth-order valence-electron chi connectivity index (χ4n) is 0.794. The van der Waals surface area contributed by atoms with Crippen LogP contribution in [0.15, 0.2) is 30.3 Å². The maximum absolute atomic E-state index is 2.19. The average Bonchev–Trinajstić information content (AvgIpc) is 2.03. The molecule has 3 N–H and O–H groups in total.